The fraction of sp³-hybridized carbons (Fsp3) is 0.133. The number of hydrogen-bond donors (Lipinski definition) is 3. The average molecular weight is 336 g/mol. The molecule has 1 amide bonds. The average Bonchev–Trinajstić information content (AvgIpc) is 2.33. The van der Waals surface area contributed by atoms with Crippen LogP contribution in [0, 0.1) is 13.8 Å². The highest BCUT2D eigenvalue weighted by molar-refractivity contribution is 9.10. The van der Waals surface area contributed by atoms with Gasteiger partial charge in [0.05, 0.1) is 11.3 Å². The highest BCUT2D eigenvalue weighted by Gasteiger charge is 2.14. The van der Waals surface area contributed by atoms with Gasteiger partial charge in [-0.25, -0.2) is 0 Å². The molecule has 0 spiro atoms. The molecule has 0 atom stereocenters. The number of rotatable bonds is 2. The minimum absolute atomic E-state index is 0.0910. The van der Waals surface area contributed by atoms with Crippen molar-refractivity contribution < 1.29 is 15.0 Å². The maximum absolute atomic E-state index is 12.2. The molecule has 104 valence electrons. The highest BCUT2D eigenvalue weighted by Crippen LogP contribution is 2.29. The molecule has 0 unspecified atom stereocenters. The second-order valence-electron chi connectivity index (χ2n) is 4.59. The first-order chi connectivity index (χ1) is 9.38. The third-order valence-electron chi connectivity index (χ3n) is 2.90. The molecule has 0 aliphatic rings. The van der Waals surface area contributed by atoms with Crippen LogP contribution in [0.4, 0.5) is 5.69 Å². The number of hydrogen-bond acceptors (Lipinski definition) is 3. The molecule has 2 rings (SSSR count). The van der Waals surface area contributed by atoms with Gasteiger partial charge in [0.2, 0.25) is 0 Å². The Morgan fingerprint density at radius 1 is 1.15 bits per heavy atom. The topological polar surface area (TPSA) is 69.6 Å². The van der Waals surface area contributed by atoms with Gasteiger partial charge in [-0.3, -0.25) is 4.79 Å². The Morgan fingerprint density at radius 2 is 1.85 bits per heavy atom. The van der Waals surface area contributed by atoms with Gasteiger partial charge in [0.15, 0.2) is 0 Å². The zero-order valence-corrected chi connectivity index (χ0v) is 12.7. The largest absolute Gasteiger partial charge is 0.508 e. The number of halogens is 1. The van der Waals surface area contributed by atoms with E-state index in [1.54, 1.807) is 0 Å². The fourth-order valence-electron chi connectivity index (χ4n) is 1.97. The number of carbonyl (C=O) groups excluding carboxylic acids is 1. The number of amides is 1. The summed E-state index contributed by atoms with van der Waals surface area (Å²) in [5.41, 5.74) is 2.77. The van der Waals surface area contributed by atoms with Crippen LogP contribution in [0.15, 0.2) is 34.8 Å². The molecule has 3 N–H and O–H groups in total. The number of anilines is 1. The molecule has 0 saturated heterocycles. The van der Waals surface area contributed by atoms with E-state index in [0.29, 0.717) is 5.69 Å². The minimum Gasteiger partial charge on any atom is -0.508 e. The summed E-state index contributed by atoms with van der Waals surface area (Å²) in [7, 11) is 0. The first kappa shape index (κ1) is 14.4. The lowest BCUT2D eigenvalue weighted by Gasteiger charge is -2.12. The van der Waals surface area contributed by atoms with Crippen LogP contribution in [0.3, 0.4) is 0 Å². The summed E-state index contributed by atoms with van der Waals surface area (Å²) in [6.07, 6.45) is 0. The molecule has 0 aromatic heterocycles. The van der Waals surface area contributed by atoms with Crippen molar-refractivity contribution in [3.8, 4) is 11.5 Å². The minimum atomic E-state index is -0.435. The number of phenolic OH excluding ortho intramolecular Hbond substituents is 2. The number of aromatic hydroxyl groups is 2. The quantitative estimate of drug-likeness (QED) is 0.783. The van der Waals surface area contributed by atoms with Crippen molar-refractivity contribution >= 4 is 27.5 Å². The predicted octanol–water partition coefficient (Wildman–Crippen LogP) is 3.73. The maximum atomic E-state index is 12.2. The molecular weight excluding hydrogens is 322 g/mol. The first-order valence-corrected chi connectivity index (χ1v) is 6.78. The van der Waals surface area contributed by atoms with Gasteiger partial charge in [-0.2, -0.15) is 0 Å². The molecule has 0 saturated carbocycles. The lowest BCUT2D eigenvalue weighted by atomic mass is 10.1. The van der Waals surface area contributed by atoms with Crippen LogP contribution >= 0.6 is 15.9 Å². The summed E-state index contributed by atoms with van der Waals surface area (Å²) in [5, 5.41) is 21.7. The van der Waals surface area contributed by atoms with E-state index in [9.17, 15) is 15.0 Å². The Bertz CT molecular complexity index is 660. The Kier molecular flexibility index (Phi) is 3.99. The van der Waals surface area contributed by atoms with Crippen molar-refractivity contribution in [2.75, 3.05) is 5.32 Å². The molecule has 0 aliphatic carbocycles. The number of carbonyl (C=O) groups is 1. The second-order valence-corrected chi connectivity index (χ2v) is 5.45. The number of phenols is 2. The Morgan fingerprint density at radius 3 is 2.45 bits per heavy atom. The molecule has 0 fully saturated rings. The van der Waals surface area contributed by atoms with Crippen molar-refractivity contribution in [1.82, 2.24) is 0 Å². The van der Waals surface area contributed by atoms with Crippen LogP contribution in [0.1, 0.15) is 21.5 Å². The van der Waals surface area contributed by atoms with E-state index in [1.807, 2.05) is 26.0 Å². The van der Waals surface area contributed by atoms with Crippen LogP contribution in [0.5, 0.6) is 11.5 Å². The van der Waals surface area contributed by atoms with Crippen LogP contribution in [-0.2, 0) is 0 Å². The van der Waals surface area contributed by atoms with E-state index >= 15 is 0 Å². The van der Waals surface area contributed by atoms with Crippen LogP contribution < -0.4 is 5.32 Å². The number of nitrogens with one attached hydrogen (secondary N) is 1. The van der Waals surface area contributed by atoms with Gasteiger partial charge in [-0.1, -0.05) is 6.07 Å². The van der Waals surface area contributed by atoms with Gasteiger partial charge in [0.1, 0.15) is 11.5 Å². The molecular formula is C15H14BrNO3. The zero-order chi connectivity index (χ0) is 14.9. The van der Waals surface area contributed by atoms with Gasteiger partial charge < -0.3 is 15.5 Å². The summed E-state index contributed by atoms with van der Waals surface area (Å²) in [4.78, 5) is 12.2. The van der Waals surface area contributed by atoms with Crippen molar-refractivity contribution in [2.45, 2.75) is 13.8 Å². The molecule has 2 aromatic carbocycles. The van der Waals surface area contributed by atoms with E-state index in [-0.39, 0.29) is 17.1 Å². The van der Waals surface area contributed by atoms with Gasteiger partial charge in [0.25, 0.3) is 5.91 Å². The van der Waals surface area contributed by atoms with Crippen LogP contribution in [-0.4, -0.2) is 16.1 Å². The van der Waals surface area contributed by atoms with Crippen molar-refractivity contribution in [1.29, 1.82) is 0 Å². The highest BCUT2D eigenvalue weighted by atomic mass is 79.9. The van der Waals surface area contributed by atoms with Gasteiger partial charge in [0, 0.05) is 10.5 Å². The van der Waals surface area contributed by atoms with Gasteiger partial charge >= 0.3 is 0 Å². The molecule has 2 aromatic rings. The summed E-state index contributed by atoms with van der Waals surface area (Å²) < 4.78 is 0.779. The summed E-state index contributed by atoms with van der Waals surface area (Å²) in [5.74, 6) is -0.787. The lowest BCUT2D eigenvalue weighted by molar-refractivity contribution is 0.102. The molecule has 0 heterocycles. The predicted molar refractivity (Wildman–Crippen MR) is 81.3 cm³/mol. The fourth-order valence-corrected chi connectivity index (χ4v) is 2.74. The summed E-state index contributed by atoms with van der Waals surface area (Å²) >= 11 is 3.41. The normalized spacial score (nSPS) is 10.3. The van der Waals surface area contributed by atoms with E-state index in [0.717, 1.165) is 21.7 Å². The van der Waals surface area contributed by atoms with E-state index in [1.165, 1.54) is 12.1 Å². The van der Waals surface area contributed by atoms with Gasteiger partial charge in [-0.15, -0.1) is 0 Å². The molecule has 4 nitrogen and oxygen atoms in total. The summed E-state index contributed by atoms with van der Waals surface area (Å²) in [6, 6.07) is 7.71. The SMILES string of the molecule is Cc1cc(C)c(NC(=O)c2ccc(O)cc2O)c(Br)c1. The molecule has 0 bridgehead atoms. The third-order valence-corrected chi connectivity index (χ3v) is 3.52. The van der Waals surface area contributed by atoms with Crippen molar-refractivity contribution in [2.24, 2.45) is 0 Å². The van der Waals surface area contributed by atoms with Gasteiger partial charge in [-0.05, 0) is 59.1 Å². The Labute approximate surface area is 125 Å². The molecule has 5 heteroatoms. The van der Waals surface area contributed by atoms with E-state index < -0.39 is 5.91 Å². The number of aryl methyl sites for hydroxylation is 2. The van der Waals surface area contributed by atoms with Crippen molar-refractivity contribution in [3.05, 3.63) is 51.5 Å². The molecule has 20 heavy (non-hydrogen) atoms. The second kappa shape index (κ2) is 5.54. The smallest absolute Gasteiger partial charge is 0.259 e. The summed E-state index contributed by atoms with van der Waals surface area (Å²) in [6.45, 7) is 3.86. The Balaban J connectivity index is 2.33. The monoisotopic (exact) mass is 335 g/mol. The molecule has 0 radical (unpaired) electrons. The standard InChI is InChI=1S/C15H14BrNO3/c1-8-5-9(2)14(12(16)6-8)17-15(20)11-4-3-10(18)7-13(11)19/h3-7,18-19H,1-2H3,(H,17,20). The molecule has 0 aliphatic heterocycles. The maximum Gasteiger partial charge on any atom is 0.259 e. The van der Waals surface area contributed by atoms with Crippen molar-refractivity contribution in [3.63, 3.8) is 0 Å². The Hall–Kier alpha value is -2.01. The van der Waals surface area contributed by atoms with Crippen LogP contribution in [0.2, 0.25) is 0 Å². The van der Waals surface area contributed by atoms with Crippen LogP contribution in [0.25, 0.3) is 0 Å². The third kappa shape index (κ3) is 2.93. The zero-order valence-electron chi connectivity index (χ0n) is 11.1. The van der Waals surface area contributed by atoms with E-state index in [4.69, 9.17) is 0 Å². The lowest BCUT2D eigenvalue weighted by Crippen LogP contribution is -2.13. The first-order valence-electron chi connectivity index (χ1n) is 5.98. The number of benzene rings is 2. The van der Waals surface area contributed by atoms with E-state index in [2.05, 4.69) is 21.2 Å².